The van der Waals surface area contributed by atoms with Crippen LogP contribution in [0.2, 0.25) is 5.02 Å². The van der Waals surface area contributed by atoms with Crippen LogP contribution in [0.25, 0.3) is 0 Å². The Labute approximate surface area is 131 Å². The van der Waals surface area contributed by atoms with Crippen LogP contribution in [0.15, 0.2) is 18.2 Å². The maximum absolute atomic E-state index is 13.2. The van der Waals surface area contributed by atoms with Crippen LogP contribution < -0.4 is 5.32 Å². The predicted molar refractivity (Wildman–Crippen MR) is 83.2 cm³/mol. The summed E-state index contributed by atoms with van der Waals surface area (Å²) in [6, 6.07) is 5.19. The van der Waals surface area contributed by atoms with E-state index in [4.69, 9.17) is 11.6 Å². The third-order valence-electron chi connectivity index (χ3n) is 4.17. The first kappa shape index (κ1) is 16.0. The molecule has 5 heteroatoms. The van der Waals surface area contributed by atoms with E-state index in [0.29, 0.717) is 11.1 Å². The van der Waals surface area contributed by atoms with E-state index in [1.165, 1.54) is 25.0 Å². The molecule has 20 heavy (non-hydrogen) atoms. The molecule has 0 radical (unpaired) electrons. The summed E-state index contributed by atoms with van der Waals surface area (Å²) in [5.74, 6) is 0.584. The van der Waals surface area contributed by atoms with Gasteiger partial charge < -0.3 is 5.32 Å². The van der Waals surface area contributed by atoms with Crippen molar-refractivity contribution in [2.45, 2.75) is 25.3 Å². The van der Waals surface area contributed by atoms with Gasteiger partial charge in [-0.05, 0) is 30.0 Å². The first-order chi connectivity index (χ1) is 9.24. The summed E-state index contributed by atoms with van der Waals surface area (Å²) in [6.07, 6.45) is 3.83. The van der Waals surface area contributed by atoms with Gasteiger partial charge in [0.25, 0.3) is 0 Å². The van der Waals surface area contributed by atoms with E-state index in [9.17, 15) is 4.39 Å². The second kappa shape index (κ2) is 7.08. The molecule has 0 spiro atoms. The zero-order valence-electron chi connectivity index (χ0n) is 11.4. The van der Waals surface area contributed by atoms with Crippen molar-refractivity contribution in [1.82, 2.24) is 10.2 Å². The Bertz CT molecular complexity index is 445. The average molecular weight is 319 g/mol. The molecule has 1 saturated heterocycles. The number of nitrogens with one attached hydrogen (secondary N) is 1. The quantitative estimate of drug-likeness (QED) is 0.911. The molecular formula is C15H21Cl2FN2. The number of benzene rings is 1. The summed E-state index contributed by atoms with van der Waals surface area (Å²) in [5, 5.41) is 3.95. The van der Waals surface area contributed by atoms with E-state index >= 15 is 0 Å². The van der Waals surface area contributed by atoms with Gasteiger partial charge in [0.1, 0.15) is 5.82 Å². The number of nitrogens with zero attached hydrogens (tertiary/aromatic N) is 1. The Kier molecular flexibility index (Phi) is 5.67. The van der Waals surface area contributed by atoms with E-state index < -0.39 is 0 Å². The molecule has 1 atom stereocenters. The van der Waals surface area contributed by atoms with Crippen LogP contribution in [-0.2, 0) is 0 Å². The van der Waals surface area contributed by atoms with Gasteiger partial charge in [0.15, 0.2) is 0 Å². The van der Waals surface area contributed by atoms with Crippen LogP contribution in [0.5, 0.6) is 0 Å². The number of hydrogen-bond donors (Lipinski definition) is 1. The third kappa shape index (κ3) is 3.85. The average Bonchev–Trinajstić information content (AvgIpc) is 3.22. The molecule has 3 rings (SSSR count). The van der Waals surface area contributed by atoms with Gasteiger partial charge in [0.05, 0.1) is 0 Å². The zero-order chi connectivity index (χ0) is 13.2. The molecule has 0 unspecified atom stereocenters. The first-order valence-corrected chi connectivity index (χ1v) is 7.51. The number of piperazine rings is 1. The highest BCUT2D eigenvalue weighted by molar-refractivity contribution is 6.31. The van der Waals surface area contributed by atoms with Gasteiger partial charge in [-0.15, -0.1) is 12.4 Å². The highest BCUT2D eigenvalue weighted by Gasteiger charge is 2.31. The molecule has 1 saturated carbocycles. The minimum Gasteiger partial charge on any atom is -0.314 e. The normalized spacial score (nSPS) is 21.3. The topological polar surface area (TPSA) is 15.3 Å². The largest absolute Gasteiger partial charge is 0.314 e. The molecule has 1 aromatic rings. The smallest absolute Gasteiger partial charge is 0.124 e. The van der Waals surface area contributed by atoms with Gasteiger partial charge in [0.2, 0.25) is 0 Å². The van der Waals surface area contributed by atoms with Gasteiger partial charge in [-0.3, -0.25) is 4.90 Å². The lowest BCUT2D eigenvalue weighted by Crippen LogP contribution is -2.45. The molecular weight excluding hydrogens is 298 g/mol. The van der Waals surface area contributed by atoms with Crippen LogP contribution in [0.1, 0.15) is 30.9 Å². The van der Waals surface area contributed by atoms with Crippen LogP contribution >= 0.6 is 24.0 Å². The van der Waals surface area contributed by atoms with Gasteiger partial charge in [-0.25, -0.2) is 4.39 Å². The summed E-state index contributed by atoms with van der Waals surface area (Å²) < 4.78 is 13.2. The fourth-order valence-electron chi connectivity index (χ4n) is 2.91. The SMILES string of the molecule is Cl.Fc1ccc([C@@H](CC2CC2)N2CCNCC2)c(Cl)c1. The van der Waals surface area contributed by atoms with Crippen molar-refractivity contribution < 1.29 is 4.39 Å². The minimum atomic E-state index is -0.251. The van der Waals surface area contributed by atoms with Crippen molar-refractivity contribution in [2.24, 2.45) is 5.92 Å². The first-order valence-electron chi connectivity index (χ1n) is 7.14. The Morgan fingerprint density at radius 2 is 2.00 bits per heavy atom. The van der Waals surface area contributed by atoms with Gasteiger partial charge >= 0.3 is 0 Å². The summed E-state index contributed by atoms with van der Waals surface area (Å²) in [7, 11) is 0. The van der Waals surface area contributed by atoms with E-state index in [-0.39, 0.29) is 18.2 Å². The lowest BCUT2D eigenvalue weighted by atomic mass is 9.98. The van der Waals surface area contributed by atoms with Gasteiger partial charge in [0, 0.05) is 37.2 Å². The highest BCUT2D eigenvalue weighted by atomic mass is 35.5. The lowest BCUT2D eigenvalue weighted by molar-refractivity contribution is 0.160. The van der Waals surface area contributed by atoms with E-state index in [1.54, 1.807) is 0 Å². The molecule has 1 aliphatic carbocycles. The van der Waals surface area contributed by atoms with E-state index in [1.807, 2.05) is 6.07 Å². The zero-order valence-corrected chi connectivity index (χ0v) is 13.0. The van der Waals surface area contributed by atoms with Crippen molar-refractivity contribution in [2.75, 3.05) is 26.2 Å². The Balaban J connectivity index is 0.00000147. The summed E-state index contributed by atoms with van der Waals surface area (Å²) in [4.78, 5) is 2.49. The molecule has 2 fully saturated rings. The Morgan fingerprint density at radius 1 is 1.30 bits per heavy atom. The molecule has 0 bridgehead atoms. The van der Waals surface area contributed by atoms with E-state index in [0.717, 1.165) is 44.1 Å². The fraction of sp³-hybridized carbons (Fsp3) is 0.600. The standard InChI is InChI=1S/C15H20ClFN2.ClH/c16-14-10-12(17)3-4-13(14)15(9-11-1-2-11)19-7-5-18-6-8-19;/h3-4,10-11,15,18H,1-2,5-9H2;1H/t15-;/m1./s1. The monoisotopic (exact) mass is 318 g/mol. The molecule has 1 aromatic carbocycles. The number of rotatable bonds is 4. The minimum absolute atomic E-state index is 0. The van der Waals surface area contributed by atoms with Crippen LogP contribution in [-0.4, -0.2) is 31.1 Å². The predicted octanol–water partition coefficient (Wildman–Crippen LogP) is 3.65. The fourth-order valence-corrected chi connectivity index (χ4v) is 3.20. The summed E-state index contributed by atoms with van der Waals surface area (Å²) in [6.45, 7) is 4.15. The van der Waals surface area contributed by atoms with Gasteiger partial charge in [-0.1, -0.05) is 30.5 Å². The lowest BCUT2D eigenvalue weighted by Gasteiger charge is -2.35. The van der Waals surface area contributed by atoms with Crippen LogP contribution in [0, 0.1) is 11.7 Å². The summed E-state index contributed by atoms with van der Waals surface area (Å²) >= 11 is 6.27. The number of halogens is 3. The highest BCUT2D eigenvalue weighted by Crippen LogP contribution is 2.41. The molecule has 0 aromatic heterocycles. The molecule has 1 heterocycles. The summed E-state index contributed by atoms with van der Waals surface area (Å²) in [5.41, 5.74) is 1.09. The molecule has 1 N–H and O–H groups in total. The Morgan fingerprint density at radius 3 is 2.60 bits per heavy atom. The molecule has 112 valence electrons. The number of hydrogen-bond acceptors (Lipinski definition) is 2. The van der Waals surface area contributed by atoms with E-state index in [2.05, 4.69) is 10.2 Å². The second-order valence-corrected chi connectivity index (χ2v) is 6.05. The maximum Gasteiger partial charge on any atom is 0.124 e. The van der Waals surface area contributed by atoms with Crippen molar-refractivity contribution in [3.8, 4) is 0 Å². The van der Waals surface area contributed by atoms with Crippen LogP contribution in [0.4, 0.5) is 4.39 Å². The molecule has 1 aliphatic heterocycles. The maximum atomic E-state index is 13.2. The molecule has 2 nitrogen and oxygen atoms in total. The Hall–Kier alpha value is -0.350. The van der Waals surface area contributed by atoms with Crippen molar-refractivity contribution >= 4 is 24.0 Å². The van der Waals surface area contributed by atoms with Crippen molar-refractivity contribution in [3.05, 3.63) is 34.6 Å². The van der Waals surface area contributed by atoms with Gasteiger partial charge in [-0.2, -0.15) is 0 Å². The van der Waals surface area contributed by atoms with Crippen molar-refractivity contribution in [3.63, 3.8) is 0 Å². The second-order valence-electron chi connectivity index (χ2n) is 5.65. The third-order valence-corrected chi connectivity index (χ3v) is 4.49. The van der Waals surface area contributed by atoms with Crippen molar-refractivity contribution in [1.29, 1.82) is 0 Å². The van der Waals surface area contributed by atoms with Crippen LogP contribution in [0.3, 0.4) is 0 Å². The molecule has 2 aliphatic rings. The molecule has 0 amide bonds.